The van der Waals surface area contributed by atoms with E-state index in [1.165, 1.54) is 6.92 Å². The predicted molar refractivity (Wildman–Crippen MR) is 61.3 cm³/mol. The van der Waals surface area contributed by atoms with Crippen LogP contribution in [0.1, 0.15) is 13.8 Å². The SMILES string of the molecule is CC(=O)C(C)Oc1ccc2c(c1)NC(=O)CO2. The second-order valence-electron chi connectivity index (χ2n) is 3.87. The Balaban J connectivity index is 2.18. The molecule has 5 heteroatoms. The largest absolute Gasteiger partial charge is 0.483 e. The lowest BCUT2D eigenvalue weighted by Crippen LogP contribution is -2.25. The fourth-order valence-electron chi connectivity index (χ4n) is 1.42. The van der Waals surface area contributed by atoms with Crippen molar-refractivity contribution >= 4 is 17.4 Å². The van der Waals surface area contributed by atoms with Crippen molar-refractivity contribution in [3.8, 4) is 11.5 Å². The maximum Gasteiger partial charge on any atom is 0.262 e. The van der Waals surface area contributed by atoms with Gasteiger partial charge in [-0.3, -0.25) is 9.59 Å². The van der Waals surface area contributed by atoms with E-state index in [1.54, 1.807) is 25.1 Å². The number of fused-ring (bicyclic) bond motifs is 1. The van der Waals surface area contributed by atoms with Gasteiger partial charge in [0.2, 0.25) is 0 Å². The first-order valence-electron chi connectivity index (χ1n) is 5.30. The molecule has 90 valence electrons. The lowest BCUT2D eigenvalue weighted by Gasteiger charge is -2.19. The van der Waals surface area contributed by atoms with Crippen molar-refractivity contribution < 1.29 is 19.1 Å². The second-order valence-corrected chi connectivity index (χ2v) is 3.87. The number of ether oxygens (including phenoxy) is 2. The van der Waals surface area contributed by atoms with Gasteiger partial charge in [0, 0.05) is 6.07 Å². The Hall–Kier alpha value is -2.04. The monoisotopic (exact) mass is 235 g/mol. The summed E-state index contributed by atoms with van der Waals surface area (Å²) < 4.78 is 10.6. The Morgan fingerprint density at radius 1 is 1.53 bits per heavy atom. The number of ketones is 1. The van der Waals surface area contributed by atoms with Gasteiger partial charge in [0.15, 0.2) is 18.5 Å². The van der Waals surface area contributed by atoms with E-state index < -0.39 is 6.10 Å². The minimum Gasteiger partial charge on any atom is -0.483 e. The fraction of sp³-hybridized carbons (Fsp3) is 0.333. The molecule has 1 atom stereocenters. The molecule has 1 amide bonds. The Bertz CT molecular complexity index is 470. The quantitative estimate of drug-likeness (QED) is 0.859. The highest BCUT2D eigenvalue weighted by atomic mass is 16.5. The van der Waals surface area contributed by atoms with Crippen molar-refractivity contribution in [2.45, 2.75) is 20.0 Å². The zero-order valence-electron chi connectivity index (χ0n) is 9.65. The molecule has 2 rings (SSSR count). The molecule has 0 radical (unpaired) electrons. The second kappa shape index (κ2) is 4.45. The van der Waals surface area contributed by atoms with Crippen molar-refractivity contribution in [1.82, 2.24) is 0 Å². The molecule has 0 aliphatic carbocycles. The number of carbonyl (C=O) groups excluding carboxylic acids is 2. The molecular formula is C12H13NO4. The van der Waals surface area contributed by atoms with Gasteiger partial charge in [0.25, 0.3) is 5.91 Å². The van der Waals surface area contributed by atoms with Gasteiger partial charge in [-0.05, 0) is 26.0 Å². The number of Topliss-reactive ketones (excluding diaryl/α,β-unsaturated/α-hetero) is 1. The van der Waals surface area contributed by atoms with Crippen LogP contribution in [0.4, 0.5) is 5.69 Å². The van der Waals surface area contributed by atoms with E-state index >= 15 is 0 Å². The lowest BCUT2D eigenvalue weighted by molar-refractivity contribution is -0.123. The van der Waals surface area contributed by atoms with Crippen LogP contribution < -0.4 is 14.8 Å². The van der Waals surface area contributed by atoms with E-state index in [4.69, 9.17) is 9.47 Å². The number of benzene rings is 1. The zero-order chi connectivity index (χ0) is 12.4. The molecule has 1 unspecified atom stereocenters. The van der Waals surface area contributed by atoms with Crippen LogP contribution in [0.5, 0.6) is 11.5 Å². The number of amides is 1. The topological polar surface area (TPSA) is 64.6 Å². The lowest BCUT2D eigenvalue weighted by atomic mass is 10.2. The maximum atomic E-state index is 11.1. The molecule has 0 saturated carbocycles. The number of hydrogen-bond donors (Lipinski definition) is 1. The Kier molecular flexibility index (Phi) is 2.99. The summed E-state index contributed by atoms with van der Waals surface area (Å²) in [5.74, 6) is 0.877. The summed E-state index contributed by atoms with van der Waals surface area (Å²) in [5.41, 5.74) is 0.564. The van der Waals surface area contributed by atoms with Crippen LogP contribution in [-0.4, -0.2) is 24.4 Å². The highest BCUT2D eigenvalue weighted by Gasteiger charge is 2.17. The zero-order valence-corrected chi connectivity index (χ0v) is 9.65. The summed E-state index contributed by atoms with van der Waals surface area (Å²) in [5, 5.41) is 2.67. The van der Waals surface area contributed by atoms with Crippen molar-refractivity contribution in [2.75, 3.05) is 11.9 Å². The van der Waals surface area contributed by atoms with Gasteiger partial charge in [-0.1, -0.05) is 0 Å². The molecule has 0 bridgehead atoms. The molecule has 1 N–H and O–H groups in total. The Labute approximate surface area is 98.7 Å². The van der Waals surface area contributed by atoms with Crippen LogP contribution >= 0.6 is 0 Å². The van der Waals surface area contributed by atoms with Crippen LogP contribution in [-0.2, 0) is 9.59 Å². The van der Waals surface area contributed by atoms with E-state index in [0.29, 0.717) is 17.2 Å². The first-order chi connectivity index (χ1) is 8.06. The van der Waals surface area contributed by atoms with Gasteiger partial charge in [0.05, 0.1) is 5.69 Å². The van der Waals surface area contributed by atoms with Crippen LogP contribution in [0.3, 0.4) is 0 Å². The molecular weight excluding hydrogens is 222 g/mol. The summed E-state index contributed by atoms with van der Waals surface area (Å²) >= 11 is 0. The van der Waals surface area contributed by atoms with Crippen molar-refractivity contribution in [2.24, 2.45) is 0 Å². The molecule has 1 aliphatic rings. The van der Waals surface area contributed by atoms with E-state index in [-0.39, 0.29) is 18.3 Å². The Morgan fingerprint density at radius 2 is 2.29 bits per heavy atom. The first-order valence-corrected chi connectivity index (χ1v) is 5.30. The molecule has 1 heterocycles. The van der Waals surface area contributed by atoms with Crippen LogP contribution in [0.25, 0.3) is 0 Å². The van der Waals surface area contributed by atoms with Gasteiger partial charge >= 0.3 is 0 Å². The number of rotatable bonds is 3. The smallest absolute Gasteiger partial charge is 0.262 e. The summed E-state index contributed by atoms with van der Waals surface area (Å²) in [6.07, 6.45) is -0.506. The average Bonchev–Trinajstić information content (AvgIpc) is 2.28. The van der Waals surface area contributed by atoms with E-state index in [2.05, 4.69) is 5.32 Å². The van der Waals surface area contributed by atoms with Gasteiger partial charge in [0.1, 0.15) is 11.5 Å². The summed E-state index contributed by atoms with van der Waals surface area (Å²) in [4.78, 5) is 22.2. The molecule has 0 saturated heterocycles. The van der Waals surface area contributed by atoms with Crippen LogP contribution in [0.2, 0.25) is 0 Å². The van der Waals surface area contributed by atoms with Crippen molar-refractivity contribution in [3.05, 3.63) is 18.2 Å². The number of hydrogen-bond acceptors (Lipinski definition) is 4. The minimum atomic E-state index is -0.506. The summed E-state index contributed by atoms with van der Waals surface area (Å²) in [6, 6.07) is 5.05. The van der Waals surface area contributed by atoms with Gasteiger partial charge < -0.3 is 14.8 Å². The third kappa shape index (κ3) is 2.55. The van der Waals surface area contributed by atoms with Gasteiger partial charge in [-0.25, -0.2) is 0 Å². The van der Waals surface area contributed by atoms with Crippen molar-refractivity contribution in [3.63, 3.8) is 0 Å². The van der Waals surface area contributed by atoms with E-state index in [1.807, 2.05) is 0 Å². The highest BCUT2D eigenvalue weighted by molar-refractivity contribution is 5.95. The maximum absolute atomic E-state index is 11.1. The summed E-state index contributed by atoms with van der Waals surface area (Å²) in [6.45, 7) is 3.17. The predicted octanol–water partition coefficient (Wildman–Crippen LogP) is 1.37. The molecule has 0 aromatic heterocycles. The number of nitrogens with one attached hydrogen (secondary N) is 1. The Morgan fingerprint density at radius 3 is 3.00 bits per heavy atom. The third-order valence-corrected chi connectivity index (χ3v) is 2.47. The molecule has 1 aromatic carbocycles. The molecule has 17 heavy (non-hydrogen) atoms. The normalized spacial score (nSPS) is 15.3. The van der Waals surface area contributed by atoms with E-state index in [0.717, 1.165) is 0 Å². The first kappa shape index (κ1) is 11.4. The van der Waals surface area contributed by atoms with Crippen LogP contribution in [0.15, 0.2) is 18.2 Å². The molecule has 1 aromatic rings. The fourth-order valence-corrected chi connectivity index (χ4v) is 1.42. The van der Waals surface area contributed by atoms with Crippen molar-refractivity contribution in [1.29, 1.82) is 0 Å². The van der Waals surface area contributed by atoms with Gasteiger partial charge in [-0.15, -0.1) is 0 Å². The molecule has 5 nitrogen and oxygen atoms in total. The van der Waals surface area contributed by atoms with Crippen LogP contribution in [0, 0.1) is 0 Å². The molecule has 0 spiro atoms. The standard InChI is InChI=1S/C12H13NO4/c1-7(14)8(2)17-9-3-4-11-10(5-9)13-12(15)6-16-11/h3-5,8H,6H2,1-2H3,(H,13,15). The minimum absolute atomic E-state index is 0.0249. The molecule has 0 fully saturated rings. The number of anilines is 1. The van der Waals surface area contributed by atoms with Gasteiger partial charge in [-0.2, -0.15) is 0 Å². The average molecular weight is 235 g/mol. The molecule has 1 aliphatic heterocycles. The number of carbonyl (C=O) groups is 2. The summed E-state index contributed by atoms with van der Waals surface area (Å²) in [7, 11) is 0. The highest BCUT2D eigenvalue weighted by Crippen LogP contribution is 2.31. The third-order valence-electron chi connectivity index (χ3n) is 2.47. The van der Waals surface area contributed by atoms with E-state index in [9.17, 15) is 9.59 Å².